The third-order valence-electron chi connectivity index (χ3n) is 3.48. The van der Waals surface area contributed by atoms with Crippen molar-refractivity contribution in [3.8, 4) is 0 Å². The molecule has 4 N–H and O–H groups in total. The standard InChI is InChI=1S/C12H18N2O5S2/c13-20(16,17)9-4-3-5-10(8-9)21(18,19)14-11-6-1-2-7-12(11)15/h3-5,8,11-12,14-15H,1-2,6-7H2,(H2,13,16,17)/t11-,12-/m1/s1. The molecule has 0 amide bonds. The first-order chi connectivity index (χ1) is 9.70. The third kappa shape index (κ3) is 4.01. The van der Waals surface area contributed by atoms with E-state index in [1.165, 1.54) is 18.2 Å². The number of aliphatic hydroxyl groups excluding tert-OH is 1. The normalized spacial score (nSPS) is 23.9. The molecule has 1 aliphatic carbocycles. The average Bonchev–Trinajstić information content (AvgIpc) is 2.40. The molecule has 0 unspecified atom stereocenters. The van der Waals surface area contributed by atoms with Crippen LogP contribution in [0.25, 0.3) is 0 Å². The summed E-state index contributed by atoms with van der Waals surface area (Å²) in [6, 6.07) is 4.27. The molecule has 1 fully saturated rings. The van der Waals surface area contributed by atoms with Gasteiger partial charge in [0.15, 0.2) is 0 Å². The first-order valence-electron chi connectivity index (χ1n) is 6.53. The smallest absolute Gasteiger partial charge is 0.240 e. The van der Waals surface area contributed by atoms with Crippen LogP contribution in [0.5, 0.6) is 0 Å². The van der Waals surface area contributed by atoms with Crippen LogP contribution >= 0.6 is 0 Å². The van der Waals surface area contributed by atoms with E-state index in [1.807, 2.05) is 0 Å². The van der Waals surface area contributed by atoms with E-state index < -0.39 is 32.2 Å². The van der Waals surface area contributed by atoms with Crippen molar-refractivity contribution in [2.75, 3.05) is 0 Å². The van der Waals surface area contributed by atoms with Gasteiger partial charge in [-0.05, 0) is 31.0 Å². The number of rotatable bonds is 4. The maximum Gasteiger partial charge on any atom is 0.240 e. The Kier molecular flexibility index (Phi) is 4.69. The zero-order chi connectivity index (χ0) is 15.7. The van der Waals surface area contributed by atoms with E-state index in [-0.39, 0.29) is 9.79 Å². The summed E-state index contributed by atoms with van der Waals surface area (Å²) >= 11 is 0. The molecule has 21 heavy (non-hydrogen) atoms. The number of nitrogens with two attached hydrogens (primary N) is 1. The van der Waals surface area contributed by atoms with Crippen LogP contribution in [0, 0.1) is 0 Å². The molecule has 2 atom stereocenters. The zero-order valence-electron chi connectivity index (χ0n) is 11.3. The molecule has 1 aliphatic rings. The van der Waals surface area contributed by atoms with Crippen molar-refractivity contribution in [3.05, 3.63) is 24.3 Å². The molecule has 0 spiro atoms. The Morgan fingerprint density at radius 2 is 1.71 bits per heavy atom. The molecule has 0 saturated heterocycles. The van der Waals surface area contributed by atoms with E-state index in [4.69, 9.17) is 5.14 Å². The van der Waals surface area contributed by atoms with E-state index in [1.54, 1.807) is 0 Å². The molecule has 9 heteroatoms. The van der Waals surface area contributed by atoms with Crippen LogP contribution in [0.2, 0.25) is 0 Å². The van der Waals surface area contributed by atoms with Crippen molar-refractivity contribution in [2.45, 2.75) is 47.6 Å². The Bertz CT molecular complexity index is 715. The van der Waals surface area contributed by atoms with E-state index in [0.717, 1.165) is 18.9 Å². The highest BCUT2D eigenvalue weighted by atomic mass is 32.2. The minimum Gasteiger partial charge on any atom is -0.391 e. The number of aliphatic hydroxyl groups is 1. The van der Waals surface area contributed by atoms with Crippen molar-refractivity contribution in [1.82, 2.24) is 4.72 Å². The molecule has 0 heterocycles. The lowest BCUT2D eigenvalue weighted by molar-refractivity contribution is 0.101. The molecule has 1 aromatic carbocycles. The Balaban J connectivity index is 2.27. The number of hydrogen-bond donors (Lipinski definition) is 3. The summed E-state index contributed by atoms with van der Waals surface area (Å²) in [7, 11) is -7.88. The molecule has 2 rings (SSSR count). The number of primary sulfonamides is 1. The number of benzene rings is 1. The number of sulfonamides is 2. The Morgan fingerprint density at radius 1 is 1.10 bits per heavy atom. The summed E-state index contributed by atoms with van der Waals surface area (Å²) in [6.45, 7) is 0. The molecular weight excluding hydrogens is 316 g/mol. The fourth-order valence-corrected chi connectivity index (χ4v) is 4.32. The highest BCUT2D eigenvalue weighted by Gasteiger charge is 2.28. The second-order valence-electron chi connectivity index (χ2n) is 5.10. The Labute approximate surface area is 124 Å². The van der Waals surface area contributed by atoms with Crippen LogP contribution in [0.4, 0.5) is 0 Å². The van der Waals surface area contributed by atoms with Crippen molar-refractivity contribution >= 4 is 20.0 Å². The van der Waals surface area contributed by atoms with Gasteiger partial charge in [-0.15, -0.1) is 0 Å². The molecule has 0 aliphatic heterocycles. The highest BCUT2D eigenvalue weighted by Crippen LogP contribution is 2.21. The lowest BCUT2D eigenvalue weighted by Crippen LogP contribution is -2.44. The molecule has 0 aromatic heterocycles. The average molecular weight is 334 g/mol. The van der Waals surface area contributed by atoms with Gasteiger partial charge in [0.1, 0.15) is 0 Å². The topological polar surface area (TPSA) is 127 Å². The molecule has 1 aromatic rings. The quantitative estimate of drug-likeness (QED) is 0.709. The predicted octanol–water partition coefficient (Wildman–Crippen LogP) is -0.0842. The van der Waals surface area contributed by atoms with E-state index in [9.17, 15) is 21.9 Å². The maximum atomic E-state index is 12.3. The van der Waals surface area contributed by atoms with E-state index in [2.05, 4.69) is 4.72 Å². The monoisotopic (exact) mass is 334 g/mol. The number of hydrogen-bond acceptors (Lipinski definition) is 5. The van der Waals surface area contributed by atoms with Gasteiger partial charge in [0.2, 0.25) is 20.0 Å². The van der Waals surface area contributed by atoms with Crippen LogP contribution in [-0.2, 0) is 20.0 Å². The van der Waals surface area contributed by atoms with Gasteiger partial charge in [0, 0.05) is 6.04 Å². The SMILES string of the molecule is NS(=O)(=O)c1cccc(S(=O)(=O)N[C@@H]2CCCC[C@H]2O)c1. The fourth-order valence-electron chi connectivity index (χ4n) is 2.33. The van der Waals surface area contributed by atoms with Gasteiger partial charge >= 0.3 is 0 Å². The molecule has 0 bridgehead atoms. The Morgan fingerprint density at radius 3 is 2.33 bits per heavy atom. The van der Waals surface area contributed by atoms with Gasteiger partial charge in [-0.3, -0.25) is 0 Å². The summed E-state index contributed by atoms with van der Waals surface area (Å²) in [4.78, 5) is -0.457. The van der Waals surface area contributed by atoms with Gasteiger partial charge in [0.25, 0.3) is 0 Å². The van der Waals surface area contributed by atoms with Crippen LogP contribution in [0.15, 0.2) is 34.1 Å². The minimum atomic E-state index is -3.97. The molecular formula is C12H18N2O5S2. The summed E-state index contributed by atoms with van der Waals surface area (Å²) in [5.41, 5.74) is 0. The largest absolute Gasteiger partial charge is 0.391 e. The summed E-state index contributed by atoms with van der Waals surface area (Å²) in [5.74, 6) is 0. The van der Waals surface area contributed by atoms with Crippen LogP contribution in [0.1, 0.15) is 25.7 Å². The first kappa shape index (κ1) is 16.4. The lowest BCUT2D eigenvalue weighted by Gasteiger charge is -2.28. The molecule has 118 valence electrons. The molecule has 7 nitrogen and oxygen atoms in total. The van der Waals surface area contributed by atoms with Gasteiger partial charge in [-0.2, -0.15) is 0 Å². The first-order valence-corrected chi connectivity index (χ1v) is 9.56. The van der Waals surface area contributed by atoms with Gasteiger partial charge in [0.05, 0.1) is 15.9 Å². The summed E-state index contributed by atoms with van der Waals surface area (Å²) in [5, 5.41) is 14.8. The second kappa shape index (κ2) is 6.01. The van der Waals surface area contributed by atoms with Crippen molar-refractivity contribution < 1.29 is 21.9 Å². The van der Waals surface area contributed by atoms with Gasteiger partial charge in [-0.1, -0.05) is 18.9 Å². The maximum absolute atomic E-state index is 12.3. The van der Waals surface area contributed by atoms with Crippen LogP contribution in [-0.4, -0.2) is 34.1 Å². The predicted molar refractivity (Wildman–Crippen MR) is 76.4 cm³/mol. The lowest BCUT2D eigenvalue weighted by atomic mass is 9.93. The second-order valence-corrected chi connectivity index (χ2v) is 8.37. The van der Waals surface area contributed by atoms with Crippen LogP contribution < -0.4 is 9.86 Å². The zero-order valence-corrected chi connectivity index (χ0v) is 12.9. The molecule has 0 radical (unpaired) electrons. The van der Waals surface area contributed by atoms with Crippen molar-refractivity contribution in [3.63, 3.8) is 0 Å². The van der Waals surface area contributed by atoms with Crippen LogP contribution in [0.3, 0.4) is 0 Å². The Hall–Kier alpha value is -1.00. The minimum absolute atomic E-state index is 0.188. The third-order valence-corrected chi connectivity index (χ3v) is 5.88. The van der Waals surface area contributed by atoms with E-state index in [0.29, 0.717) is 12.8 Å². The van der Waals surface area contributed by atoms with Gasteiger partial charge < -0.3 is 5.11 Å². The van der Waals surface area contributed by atoms with Crippen molar-refractivity contribution in [2.24, 2.45) is 5.14 Å². The summed E-state index contributed by atoms with van der Waals surface area (Å²) < 4.78 is 49.5. The number of nitrogens with one attached hydrogen (secondary N) is 1. The highest BCUT2D eigenvalue weighted by molar-refractivity contribution is 7.90. The van der Waals surface area contributed by atoms with Gasteiger partial charge in [-0.25, -0.2) is 26.7 Å². The fraction of sp³-hybridized carbons (Fsp3) is 0.500. The van der Waals surface area contributed by atoms with E-state index >= 15 is 0 Å². The van der Waals surface area contributed by atoms with Crippen molar-refractivity contribution in [1.29, 1.82) is 0 Å². The molecule has 1 saturated carbocycles. The summed E-state index contributed by atoms with van der Waals surface area (Å²) in [6.07, 6.45) is 2.07.